The molecule has 0 unspecified atom stereocenters. The van der Waals surface area contributed by atoms with Gasteiger partial charge in [0.25, 0.3) is 0 Å². The van der Waals surface area contributed by atoms with Crippen LogP contribution in [0.5, 0.6) is 34.8 Å². The van der Waals surface area contributed by atoms with Crippen LogP contribution in [-0.4, -0.2) is 73.2 Å². The fourth-order valence-electron chi connectivity index (χ4n) is 6.83. The molecule has 0 radical (unpaired) electrons. The average molecular weight is 913 g/mol. The standard InChI is InChI=1S/C48H40N12O4S2/c1-33-41-29-49-59-43(31-61-37-19-11-5-12-20-37)51-53-47(59)65-27-28-66-48-54-52-44(32-62-38-21-13-6-14-22-38)60(48)50-30-42-34(2)56-58(36-17-9-4-10-18-36)46(42)64-40-25-23-39(24-26-40)63-45(41)57(55-33)35-15-7-3-8-16-35/h3-26,29-30H,27-28,31-32H2,1-2H3/b49-29+,50-30+. The fraction of sp³-hybridized carbons (Fsp3) is 0.125. The minimum Gasteiger partial charge on any atom is -0.486 e. The molecule has 4 aromatic heterocycles. The van der Waals surface area contributed by atoms with E-state index in [0.29, 0.717) is 90.7 Å². The molecule has 0 saturated carbocycles. The van der Waals surface area contributed by atoms with Gasteiger partial charge in [0.1, 0.15) is 36.2 Å². The summed E-state index contributed by atoms with van der Waals surface area (Å²) < 4.78 is 32.6. The van der Waals surface area contributed by atoms with Crippen molar-refractivity contribution in [2.45, 2.75) is 37.4 Å². The molecular weight excluding hydrogens is 873 g/mol. The molecule has 0 aliphatic carbocycles. The first-order chi connectivity index (χ1) is 32.5. The molecule has 9 aromatic rings. The lowest BCUT2D eigenvalue weighted by Gasteiger charge is -2.13. The zero-order chi connectivity index (χ0) is 44.7. The van der Waals surface area contributed by atoms with E-state index in [2.05, 4.69) is 20.4 Å². The highest BCUT2D eigenvalue weighted by Crippen LogP contribution is 2.34. The number of hydrogen-bond acceptors (Lipinski definition) is 14. The average Bonchev–Trinajstić information content (AvgIpc) is 4.11. The Bertz CT molecular complexity index is 2910. The van der Waals surface area contributed by atoms with Gasteiger partial charge in [-0.25, -0.2) is 0 Å². The van der Waals surface area contributed by atoms with Crippen LogP contribution < -0.4 is 18.9 Å². The number of hydrogen-bond donors (Lipinski definition) is 0. The first-order valence-electron chi connectivity index (χ1n) is 20.9. The molecule has 6 heterocycles. The van der Waals surface area contributed by atoms with Gasteiger partial charge in [-0.15, -0.1) is 20.4 Å². The van der Waals surface area contributed by atoms with Crippen molar-refractivity contribution in [3.8, 4) is 46.1 Å². The molecule has 2 aliphatic heterocycles. The number of benzene rings is 5. The van der Waals surface area contributed by atoms with E-state index in [-0.39, 0.29) is 13.2 Å². The SMILES string of the molecule is Cc1nn(-c2ccccc2)c2c1/C=N/n1c(COc3ccccc3)nnc1SCCSc1nnc(COc3ccccc3)n1/N=C/c1c(C)nn(-c3ccccc3)c1Oc1ccc(cc1)O2. The third-order valence-corrected chi connectivity index (χ3v) is 12.2. The van der Waals surface area contributed by atoms with Crippen molar-refractivity contribution in [1.29, 1.82) is 0 Å². The van der Waals surface area contributed by atoms with E-state index in [1.807, 2.05) is 159 Å². The molecule has 0 amide bonds. The van der Waals surface area contributed by atoms with Crippen LogP contribution >= 0.6 is 23.5 Å². The summed E-state index contributed by atoms with van der Waals surface area (Å²) in [6, 6.07) is 46.1. The molecule has 0 N–H and O–H groups in total. The molecule has 2 bridgehead atoms. The normalized spacial score (nSPS) is 13.7. The highest BCUT2D eigenvalue weighted by molar-refractivity contribution is 8.02. The Morgan fingerprint density at radius 3 is 1.26 bits per heavy atom. The molecule has 5 aromatic carbocycles. The Morgan fingerprint density at radius 1 is 0.485 bits per heavy atom. The predicted octanol–water partition coefficient (Wildman–Crippen LogP) is 9.56. The monoisotopic (exact) mass is 912 g/mol. The summed E-state index contributed by atoms with van der Waals surface area (Å²) in [6.07, 6.45) is 3.45. The summed E-state index contributed by atoms with van der Waals surface area (Å²) in [7, 11) is 0. The highest BCUT2D eigenvalue weighted by atomic mass is 32.2. The van der Waals surface area contributed by atoms with E-state index in [1.165, 1.54) is 23.5 Å². The Labute approximate surface area is 387 Å². The minimum atomic E-state index is 0.129. The van der Waals surface area contributed by atoms with Crippen LogP contribution in [0.4, 0.5) is 0 Å². The molecule has 0 fully saturated rings. The van der Waals surface area contributed by atoms with Crippen molar-refractivity contribution in [2.75, 3.05) is 11.5 Å². The van der Waals surface area contributed by atoms with Gasteiger partial charge >= 0.3 is 0 Å². The Hall–Kier alpha value is -7.96. The summed E-state index contributed by atoms with van der Waals surface area (Å²) >= 11 is 2.99. The van der Waals surface area contributed by atoms with Crippen LogP contribution in [-0.2, 0) is 13.2 Å². The Balaban J connectivity index is 1.06. The number of para-hydroxylation sites is 4. The van der Waals surface area contributed by atoms with Crippen LogP contribution in [0.1, 0.15) is 34.2 Å². The van der Waals surface area contributed by atoms with Crippen molar-refractivity contribution in [3.05, 3.63) is 180 Å². The molecule has 2 aliphatic rings. The highest BCUT2D eigenvalue weighted by Gasteiger charge is 2.22. The molecule has 0 saturated heterocycles. The lowest BCUT2D eigenvalue weighted by molar-refractivity contribution is 0.290. The maximum atomic E-state index is 6.71. The molecular formula is C48H40N12O4S2. The maximum Gasteiger partial charge on any atom is 0.231 e. The van der Waals surface area contributed by atoms with Gasteiger partial charge in [0.15, 0.2) is 11.6 Å². The molecule has 16 nitrogen and oxygen atoms in total. The molecule has 0 spiro atoms. The zero-order valence-electron chi connectivity index (χ0n) is 35.7. The van der Waals surface area contributed by atoms with Crippen molar-refractivity contribution >= 4 is 36.0 Å². The maximum absolute atomic E-state index is 6.71. The van der Waals surface area contributed by atoms with Gasteiger partial charge in [-0.1, -0.05) is 96.3 Å². The number of aromatic nitrogens is 10. The van der Waals surface area contributed by atoms with Gasteiger partial charge in [0.05, 0.1) is 46.3 Å². The van der Waals surface area contributed by atoms with E-state index < -0.39 is 0 Å². The van der Waals surface area contributed by atoms with Crippen LogP contribution in [0.15, 0.2) is 166 Å². The van der Waals surface area contributed by atoms with Gasteiger partial charge in [-0.3, -0.25) is 0 Å². The van der Waals surface area contributed by atoms with Crippen LogP contribution in [0, 0.1) is 13.8 Å². The van der Waals surface area contributed by atoms with Crippen molar-refractivity contribution in [2.24, 2.45) is 10.2 Å². The van der Waals surface area contributed by atoms with Gasteiger partial charge in [-0.05, 0) is 86.6 Å². The molecule has 0 atom stereocenters. The minimum absolute atomic E-state index is 0.129. The summed E-state index contributed by atoms with van der Waals surface area (Å²) in [5, 5.41) is 39.1. The topological polar surface area (TPSA) is 159 Å². The van der Waals surface area contributed by atoms with Gasteiger partial charge in [0, 0.05) is 11.5 Å². The number of fused-ring (bicyclic) bond motifs is 5. The van der Waals surface area contributed by atoms with Crippen LogP contribution in [0.3, 0.4) is 0 Å². The first-order valence-corrected chi connectivity index (χ1v) is 22.9. The van der Waals surface area contributed by atoms with Crippen LogP contribution in [0.25, 0.3) is 11.4 Å². The first kappa shape index (κ1) is 42.0. The second kappa shape index (κ2) is 19.4. The zero-order valence-corrected chi connectivity index (χ0v) is 37.3. The number of thioether (sulfide) groups is 2. The van der Waals surface area contributed by atoms with E-state index in [4.69, 9.17) is 39.3 Å². The van der Waals surface area contributed by atoms with E-state index >= 15 is 0 Å². The van der Waals surface area contributed by atoms with Crippen molar-refractivity contribution in [3.63, 3.8) is 0 Å². The predicted molar refractivity (Wildman–Crippen MR) is 252 cm³/mol. The molecule has 328 valence electrons. The van der Waals surface area contributed by atoms with Gasteiger partial charge < -0.3 is 18.9 Å². The van der Waals surface area contributed by atoms with E-state index in [0.717, 1.165) is 11.4 Å². The number of rotatable bonds is 8. The van der Waals surface area contributed by atoms with Crippen molar-refractivity contribution in [1.82, 2.24) is 49.3 Å². The number of aryl methyl sites for hydroxylation is 2. The summed E-state index contributed by atoms with van der Waals surface area (Å²) in [5.74, 6) is 5.66. The van der Waals surface area contributed by atoms with Gasteiger partial charge in [0.2, 0.25) is 22.1 Å². The van der Waals surface area contributed by atoms with Crippen LogP contribution in [0.2, 0.25) is 0 Å². The third kappa shape index (κ3) is 9.31. The lowest BCUT2D eigenvalue weighted by atomic mass is 10.2. The third-order valence-electron chi connectivity index (χ3n) is 10.1. The number of nitrogens with zero attached hydrogens (tertiary/aromatic N) is 12. The summed E-state index contributed by atoms with van der Waals surface area (Å²) in [4.78, 5) is 0. The fourth-order valence-corrected chi connectivity index (χ4v) is 8.61. The Morgan fingerprint density at radius 2 is 0.864 bits per heavy atom. The second-order valence-electron chi connectivity index (χ2n) is 14.6. The Kier molecular flexibility index (Phi) is 12.4. The molecule has 66 heavy (non-hydrogen) atoms. The number of ether oxygens (including phenoxy) is 4. The van der Waals surface area contributed by atoms with Gasteiger partial charge in [-0.2, -0.15) is 39.1 Å². The molecule has 18 heteroatoms. The van der Waals surface area contributed by atoms with E-state index in [9.17, 15) is 0 Å². The lowest BCUT2D eigenvalue weighted by Crippen LogP contribution is -2.06. The van der Waals surface area contributed by atoms with E-state index in [1.54, 1.807) is 31.1 Å². The second-order valence-corrected chi connectivity index (χ2v) is 16.7. The summed E-state index contributed by atoms with van der Waals surface area (Å²) in [6.45, 7) is 4.10. The quantitative estimate of drug-likeness (QED) is 0.142. The largest absolute Gasteiger partial charge is 0.486 e. The summed E-state index contributed by atoms with van der Waals surface area (Å²) in [5.41, 5.74) is 4.35. The van der Waals surface area contributed by atoms with Crippen molar-refractivity contribution < 1.29 is 18.9 Å². The molecule has 11 rings (SSSR count). The smallest absolute Gasteiger partial charge is 0.231 e.